The summed E-state index contributed by atoms with van der Waals surface area (Å²) < 4.78 is 0. The highest BCUT2D eigenvalue weighted by molar-refractivity contribution is 5.99. The molecule has 0 spiro atoms. The van der Waals surface area contributed by atoms with Crippen LogP contribution in [0, 0.1) is 0 Å². The molecule has 1 atom stereocenters. The molecule has 1 aliphatic rings. The molecule has 5 nitrogen and oxygen atoms in total. The highest BCUT2D eigenvalue weighted by Gasteiger charge is 2.29. The molecule has 0 radical (unpaired) electrons. The third-order valence-corrected chi connectivity index (χ3v) is 4.71. The average Bonchev–Trinajstić information content (AvgIpc) is 3.09. The Bertz CT molecular complexity index is 588. The van der Waals surface area contributed by atoms with Gasteiger partial charge in [-0.05, 0) is 50.9 Å². The fourth-order valence-corrected chi connectivity index (χ4v) is 3.54. The van der Waals surface area contributed by atoms with E-state index in [0.717, 1.165) is 51.9 Å². The molecule has 146 valence electrons. The van der Waals surface area contributed by atoms with Crippen LogP contribution < -0.4 is 5.32 Å². The van der Waals surface area contributed by atoms with E-state index < -0.39 is 0 Å². The van der Waals surface area contributed by atoms with Crippen molar-refractivity contribution >= 4 is 24.2 Å². The second-order valence-corrected chi connectivity index (χ2v) is 6.73. The van der Waals surface area contributed by atoms with Gasteiger partial charge in [0.1, 0.15) is 0 Å². The minimum absolute atomic E-state index is 0. The first-order valence-corrected chi connectivity index (χ1v) is 9.47. The maximum atomic E-state index is 12.9. The van der Waals surface area contributed by atoms with Gasteiger partial charge >= 0.3 is 0 Å². The predicted molar refractivity (Wildman–Crippen MR) is 108 cm³/mol. The van der Waals surface area contributed by atoms with Crippen molar-refractivity contribution in [3.63, 3.8) is 0 Å². The Hall–Kier alpha value is -1.59. The van der Waals surface area contributed by atoms with Gasteiger partial charge in [-0.25, -0.2) is 0 Å². The van der Waals surface area contributed by atoms with Gasteiger partial charge in [-0.1, -0.05) is 19.9 Å². The fraction of sp³-hybridized carbons (Fsp3) is 0.600. The van der Waals surface area contributed by atoms with Gasteiger partial charge in [-0.2, -0.15) is 0 Å². The van der Waals surface area contributed by atoms with Gasteiger partial charge in [-0.15, -0.1) is 12.4 Å². The number of likely N-dealkylation sites (N-methyl/N-ethyl adjacent to an activating group) is 1. The largest absolute Gasteiger partial charge is 0.339 e. The molecule has 1 aromatic rings. The van der Waals surface area contributed by atoms with Crippen molar-refractivity contribution in [2.75, 3.05) is 33.2 Å². The molecular weight excluding hydrogens is 350 g/mol. The van der Waals surface area contributed by atoms with E-state index in [-0.39, 0.29) is 30.3 Å². The van der Waals surface area contributed by atoms with Gasteiger partial charge in [-0.3, -0.25) is 9.59 Å². The Labute approximate surface area is 163 Å². The van der Waals surface area contributed by atoms with Crippen LogP contribution in [-0.4, -0.2) is 60.9 Å². The van der Waals surface area contributed by atoms with Crippen molar-refractivity contribution in [3.8, 4) is 0 Å². The number of halogens is 1. The minimum atomic E-state index is 0. The van der Waals surface area contributed by atoms with Crippen molar-refractivity contribution in [1.29, 1.82) is 0 Å². The summed E-state index contributed by atoms with van der Waals surface area (Å²) >= 11 is 0. The Morgan fingerprint density at radius 1 is 1.19 bits per heavy atom. The molecule has 2 amide bonds. The molecular formula is C20H32ClN3O2. The van der Waals surface area contributed by atoms with Gasteiger partial charge in [0.25, 0.3) is 11.8 Å². The molecule has 1 aliphatic heterocycles. The lowest BCUT2D eigenvalue weighted by Crippen LogP contribution is -2.41. The minimum Gasteiger partial charge on any atom is -0.339 e. The van der Waals surface area contributed by atoms with Crippen LogP contribution in [0.4, 0.5) is 0 Å². The summed E-state index contributed by atoms with van der Waals surface area (Å²) in [5.41, 5.74) is 1.22. The summed E-state index contributed by atoms with van der Waals surface area (Å²) in [4.78, 5) is 29.5. The summed E-state index contributed by atoms with van der Waals surface area (Å²) in [5.74, 6) is 0.0523. The summed E-state index contributed by atoms with van der Waals surface area (Å²) in [7, 11) is 1.91. The molecule has 1 heterocycles. The van der Waals surface area contributed by atoms with Gasteiger partial charge in [0, 0.05) is 43.3 Å². The van der Waals surface area contributed by atoms with Crippen LogP contribution in [0.3, 0.4) is 0 Å². The number of hydrogen-bond donors (Lipinski definition) is 1. The van der Waals surface area contributed by atoms with Crippen LogP contribution in [-0.2, 0) is 0 Å². The zero-order valence-electron chi connectivity index (χ0n) is 16.2. The molecule has 1 aromatic carbocycles. The van der Waals surface area contributed by atoms with Crippen molar-refractivity contribution < 1.29 is 9.59 Å². The molecule has 1 fully saturated rings. The second kappa shape index (κ2) is 11.2. The average molecular weight is 382 g/mol. The first kappa shape index (κ1) is 22.5. The quantitative estimate of drug-likeness (QED) is 0.752. The van der Waals surface area contributed by atoms with E-state index in [0.29, 0.717) is 11.1 Å². The molecule has 0 aliphatic carbocycles. The number of nitrogens with zero attached hydrogens (tertiary/aromatic N) is 2. The van der Waals surface area contributed by atoms with Crippen LogP contribution in [0.25, 0.3) is 0 Å². The summed E-state index contributed by atoms with van der Waals surface area (Å²) in [6.07, 6.45) is 3.94. The molecule has 6 heteroatoms. The first-order valence-electron chi connectivity index (χ1n) is 9.47. The number of benzene rings is 1. The van der Waals surface area contributed by atoms with Gasteiger partial charge < -0.3 is 15.1 Å². The smallest absolute Gasteiger partial charge is 0.254 e. The Morgan fingerprint density at radius 3 is 2.46 bits per heavy atom. The predicted octanol–water partition coefficient (Wildman–Crippen LogP) is 3.19. The van der Waals surface area contributed by atoms with Crippen molar-refractivity contribution in [3.05, 3.63) is 35.4 Å². The zero-order chi connectivity index (χ0) is 18.2. The number of likely N-dealkylation sites (tertiary alicyclic amines) is 1. The fourth-order valence-electron chi connectivity index (χ4n) is 3.54. The third-order valence-electron chi connectivity index (χ3n) is 4.71. The molecule has 1 saturated heterocycles. The number of amides is 2. The van der Waals surface area contributed by atoms with Crippen LogP contribution in [0.1, 0.15) is 60.2 Å². The number of carbonyl (C=O) groups excluding carboxylic acids is 2. The van der Waals surface area contributed by atoms with Crippen molar-refractivity contribution in [1.82, 2.24) is 15.1 Å². The Morgan fingerprint density at radius 2 is 1.85 bits per heavy atom. The number of rotatable bonds is 8. The number of hydrogen-bond acceptors (Lipinski definition) is 3. The molecule has 2 rings (SSSR count). The highest BCUT2D eigenvalue weighted by Crippen LogP contribution is 2.20. The van der Waals surface area contributed by atoms with Crippen LogP contribution >= 0.6 is 12.4 Å². The number of carbonyl (C=O) groups is 2. The van der Waals surface area contributed by atoms with Gasteiger partial charge in [0.05, 0.1) is 0 Å². The van der Waals surface area contributed by atoms with E-state index in [2.05, 4.69) is 19.2 Å². The molecule has 0 aromatic heterocycles. The number of nitrogens with one attached hydrogen (secondary N) is 1. The maximum absolute atomic E-state index is 12.9. The van der Waals surface area contributed by atoms with E-state index in [1.807, 2.05) is 35.0 Å². The normalized spacial score (nSPS) is 16.3. The SMILES string of the molecule is CCCN(CCC)C(=O)c1cccc(C(=O)N2CCCC2CNC)c1.Cl. The van der Waals surface area contributed by atoms with Gasteiger partial charge in [0.2, 0.25) is 0 Å². The summed E-state index contributed by atoms with van der Waals surface area (Å²) in [5, 5.41) is 3.16. The molecule has 0 saturated carbocycles. The lowest BCUT2D eigenvalue weighted by atomic mass is 10.1. The van der Waals surface area contributed by atoms with Crippen LogP contribution in [0.15, 0.2) is 24.3 Å². The van der Waals surface area contributed by atoms with Gasteiger partial charge in [0.15, 0.2) is 0 Å². The standard InChI is InChI=1S/C20H31N3O2.ClH/c1-4-11-22(12-5-2)19(24)16-8-6-9-17(14-16)20(25)23-13-7-10-18(23)15-21-3;/h6,8-9,14,18,21H,4-5,7,10-13,15H2,1-3H3;1H. The van der Waals surface area contributed by atoms with E-state index in [4.69, 9.17) is 0 Å². The van der Waals surface area contributed by atoms with E-state index in [1.54, 1.807) is 6.07 Å². The van der Waals surface area contributed by atoms with Crippen molar-refractivity contribution in [2.24, 2.45) is 0 Å². The summed E-state index contributed by atoms with van der Waals surface area (Å²) in [6, 6.07) is 7.45. The Kier molecular flexibility index (Phi) is 9.66. The zero-order valence-corrected chi connectivity index (χ0v) is 17.0. The lowest BCUT2D eigenvalue weighted by Gasteiger charge is -2.25. The molecule has 0 bridgehead atoms. The monoisotopic (exact) mass is 381 g/mol. The van der Waals surface area contributed by atoms with Crippen LogP contribution in [0.2, 0.25) is 0 Å². The van der Waals surface area contributed by atoms with Crippen LogP contribution in [0.5, 0.6) is 0 Å². The van der Waals surface area contributed by atoms with E-state index >= 15 is 0 Å². The first-order chi connectivity index (χ1) is 12.1. The molecule has 1 unspecified atom stereocenters. The second-order valence-electron chi connectivity index (χ2n) is 6.73. The molecule has 1 N–H and O–H groups in total. The van der Waals surface area contributed by atoms with E-state index in [1.165, 1.54) is 0 Å². The molecule has 26 heavy (non-hydrogen) atoms. The topological polar surface area (TPSA) is 52.7 Å². The lowest BCUT2D eigenvalue weighted by molar-refractivity contribution is 0.0737. The third kappa shape index (κ3) is 5.45. The maximum Gasteiger partial charge on any atom is 0.254 e. The Balaban J connectivity index is 0.00000338. The van der Waals surface area contributed by atoms with E-state index in [9.17, 15) is 9.59 Å². The highest BCUT2D eigenvalue weighted by atomic mass is 35.5. The van der Waals surface area contributed by atoms with Crippen molar-refractivity contribution in [2.45, 2.75) is 45.6 Å². The summed E-state index contributed by atoms with van der Waals surface area (Å²) in [6.45, 7) is 7.26.